The topological polar surface area (TPSA) is 102 Å². The average Bonchev–Trinajstić information content (AvgIpc) is 3.07. The fourth-order valence-corrected chi connectivity index (χ4v) is 5.72. The summed E-state index contributed by atoms with van der Waals surface area (Å²) in [7, 11) is 1.49. The number of aromatic nitrogens is 2. The molecular formula is C21H20ClN4O5S+. The highest BCUT2D eigenvalue weighted by Crippen LogP contribution is 2.36. The van der Waals surface area contributed by atoms with Crippen molar-refractivity contribution in [3.05, 3.63) is 55.2 Å². The van der Waals surface area contributed by atoms with Crippen molar-refractivity contribution in [3.8, 4) is 11.6 Å². The minimum absolute atomic E-state index is 0.0240. The second kappa shape index (κ2) is 7.88. The molecule has 2 aromatic rings. The maximum absolute atomic E-state index is 13.6. The van der Waals surface area contributed by atoms with Crippen LogP contribution in [-0.2, 0) is 0 Å². The lowest BCUT2D eigenvalue weighted by molar-refractivity contribution is -0.549. The number of benzene rings is 1. The summed E-state index contributed by atoms with van der Waals surface area (Å²) in [6.45, 7) is 1.88. The van der Waals surface area contributed by atoms with E-state index in [9.17, 15) is 20.0 Å². The summed E-state index contributed by atoms with van der Waals surface area (Å²) in [5.41, 5.74) is -0.0794. The van der Waals surface area contributed by atoms with Gasteiger partial charge in [-0.25, -0.2) is 4.79 Å². The van der Waals surface area contributed by atoms with Gasteiger partial charge in [0.15, 0.2) is 17.5 Å². The highest BCUT2D eigenvalue weighted by Gasteiger charge is 2.33. The molecule has 1 aromatic heterocycles. The van der Waals surface area contributed by atoms with Gasteiger partial charge in [0, 0.05) is 18.2 Å². The number of ether oxygens (including phenoxy) is 1. The molecule has 1 saturated heterocycles. The number of likely N-dealkylation sites (tertiary alicyclic amines) is 1. The molecule has 0 radical (unpaired) electrons. The van der Waals surface area contributed by atoms with Crippen molar-refractivity contribution in [1.29, 1.82) is 0 Å². The van der Waals surface area contributed by atoms with E-state index in [0.717, 1.165) is 32.4 Å². The van der Waals surface area contributed by atoms with E-state index >= 15 is 0 Å². The zero-order valence-corrected chi connectivity index (χ0v) is 18.8. The number of nitrogens with zero attached hydrogens (tertiary/aromatic N) is 4. The zero-order chi connectivity index (χ0) is 22.6. The highest BCUT2D eigenvalue weighted by atomic mass is 35.5. The Hall–Kier alpha value is -2.95. The summed E-state index contributed by atoms with van der Waals surface area (Å²) in [6.07, 6.45) is 4.50. The third kappa shape index (κ3) is 3.26. The minimum atomic E-state index is -0.505. The summed E-state index contributed by atoms with van der Waals surface area (Å²) in [5, 5.41) is 23.0. The van der Waals surface area contributed by atoms with Gasteiger partial charge in [-0.05, 0) is 25.9 Å². The van der Waals surface area contributed by atoms with Crippen LogP contribution < -0.4 is 20.0 Å². The van der Waals surface area contributed by atoms with E-state index in [0.29, 0.717) is 31.5 Å². The number of methoxy groups -OCH3 is 1. The van der Waals surface area contributed by atoms with Gasteiger partial charge in [0.1, 0.15) is 10.4 Å². The normalized spacial score (nSPS) is 16.2. The number of aliphatic hydroxyl groups is 1. The lowest BCUT2D eigenvalue weighted by atomic mass is 10.1. The van der Waals surface area contributed by atoms with Crippen LogP contribution in [0.2, 0.25) is 5.02 Å². The Morgan fingerprint density at radius 2 is 2.03 bits per heavy atom. The Balaban J connectivity index is 1.89. The fourth-order valence-electron chi connectivity index (χ4n) is 4.36. The van der Waals surface area contributed by atoms with Crippen LogP contribution in [0.15, 0.2) is 29.2 Å². The standard InChI is InChI=1S/C21H19ClN4O5S/c1-31-16-9-17-14(8-13(16)22)25-20-18(32-17)7-12(26(29)30)10-24(20)19(21(25)28)15(27)11-23-5-3-2-4-6-23/h7-10H,2-6,11H2,1H3/p+1. The van der Waals surface area contributed by atoms with Crippen molar-refractivity contribution in [2.45, 2.75) is 19.3 Å². The van der Waals surface area contributed by atoms with E-state index in [1.165, 1.54) is 39.7 Å². The Morgan fingerprint density at radius 1 is 1.28 bits per heavy atom. The molecule has 1 aromatic carbocycles. The molecule has 32 heavy (non-hydrogen) atoms. The molecule has 11 heteroatoms. The van der Waals surface area contributed by atoms with Crippen molar-refractivity contribution >= 4 is 49.3 Å². The van der Waals surface area contributed by atoms with Gasteiger partial charge in [-0.1, -0.05) is 18.0 Å². The first-order valence-electron chi connectivity index (χ1n) is 10.2. The first-order chi connectivity index (χ1) is 15.4. The molecule has 9 nitrogen and oxygen atoms in total. The number of fused-ring (bicyclic) bond motifs is 2. The number of pyridine rings is 1. The molecule has 3 aliphatic rings. The Kier molecular flexibility index (Phi) is 5.15. The van der Waals surface area contributed by atoms with E-state index in [1.54, 1.807) is 12.1 Å². The summed E-state index contributed by atoms with van der Waals surface area (Å²) in [4.78, 5) is 26.8. The molecule has 0 amide bonds. The van der Waals surface area contributed by atoms with E-state index in [4.69, 9.17) is 16.3 Å². The van der Waals surface area contributed by atoms with Crippen LogP contribution in [-0.4, -0.2) is 46.2 Å². The van der Waals surface area contributed by atoms with Crippen LogP contribution in [0.3, 0.4) is 0 Å². The Labute approximate surface area is 190 Å². The first-order valence-corrected chi connectivity index (χ1v) is 11.4. The smallest absolute Gasteiger partial charge is 0.390 e. The molecule has 0 atom stereocenters. The van der Waals surface area contributed by atoms with E-state index in [-0.39, 0.29) is 23.3 Å². The molecule has 0 aliphatic carbocycles. The molecule has 0 bridgehead atoms. The van der Waals surface area contributed by atoms with Crippen LogP contribution >= 0.6 is 22.9 Å². The lowest BCUT2D eigenvalue weighted by Crippen LogP contribution is -2.47. The summed E-state index contributed by atoms with van der Waals surface area (Å²) in [6, 6.07) is 4.78. The van der Waals surface area contributed by atoms with Crippen LogP contribution in [0.25, 0.3) is 26.5 Å². The van der Waals surface area contributed by atoms with Crippen LogP contribution in [0, 0.1) is 10.1 Å². The molecular weight excluding hydrogens is 456 g/mol. The molecule has 0 unspecified atom stereocenters. The summed E-state index contributed by atoms with van der Waals surface area (Å²) < 4.78 is 9.40. The SMILES string of the molecule is COc1cc2sc3cc([N+](=O)[O-])c[n+]4c3-n(c(=O)/c4=C(\O)CN3CCCCC3)c2cc1Cl. The predicted octanol–water partition coefficient (Wildman–Crippen LogP) is 2.67. The summed E-state index contributed by atoms with van der Waals surface area (Å²) >= 11 is 7.62. The summed E-state index contributed by atoms with van der Waals surface area (Å²) in [5.74, 6) is 0.791. The number of halogens is 1. The number of hydrogen-bond donors (Lipinski definition) is 1. The van der Waals surface area contributed by atoms with Crippen molar-refractivity contribution in [1.82, 2.24) is 9.47 Å². The van der Waals surface area contributed by atoms with Gasteiger partial charge in [-0.3, -0.25) is 15.0 Å². The molecule has 1 N–H and O–H groups in total. The van der Waals surface area contributed by atoms with Gasteiger partial charge >= 0.3 is 17.1 Å². The second-order valence-electron chi connectivity index (χ2n) is 7.84. The minimum Gasteiger partial charge on any atom is -0.506 e. The number of piperidine rings is 1. The van der Waals surface area contributed by atoms with Crippen molar-refractivity contribution in [2.24, 2.45) is 0 Å². The first kappa shape index (κ1) is 20.9. The Bertz CT molecular complexity index is 1460. The monoisotopic (exact) mass is 475 g/mol. The molecule has 4 heterocycles. The van der Waals surface area contributed by atoms with Gasteiger partial charge in [0.2, 0.25) is 0 Å². The van der Waals surface area contributed by atoms with E-state index in [1.807, 2.05) is 0 Å². The van der Waals surface area contributed by atoms with Gasteiger partial charge in [-0.15, -0.1) is 11.3 Å². The molecule has 0 spiro atoms. The molecule has 5 rings (SSSR count). The molecule has 0 saturated carbocycles. The van der Waals surface area contributed by atoms with Crippen molar-refractivity contribution < 1.29 is 19.2 Å². The van der Waals surface area contributed by atoms with Gasteiger partial charge in [0.25, 0.3) is 5.35 Å². The lowest BCUT2D eigenvalue weighted by Gasteiger charge is -2.25. The van der Waals surface area contributed by atoms with Crippen LogP contribution in [0.1, 0.15) is 19.3 Å². The van der Waals surface area contributed by atoms with Crippen LogP contribution in [0.4, 0.5) is 5.69 Å². The molecule has 3 aliphatic heterocycles. The second-order valence-corrected chi connectivity index (χ2v) is 9.33. The largest absolute Gasteiger partial charge is 0.506 e. The molecule has 1 fully saturated rings. The third-order valence-electron chi connectivity index (χ3n) is 5.85. The number of hydrogen-bond acceptors (Lipinski definition) is 7. The van der Waals surface area contributed by atoms with Crippen molar-refractivity contribution in [3.63, 3.8) is 0 Å². The third-order valence-corrected chi connectivity index (χ3v) is 7.21. The number of rotatable bonds is 4. The molecule has 166 valence electrons. The number of aliphatic hydroxyl groups excluding tert-OH is 1. The highest BCUT2D eigenvalue weighted by molar-refractivity contribution is 7.24. The predicted molar refractivity (Wildman–Crippen MR) is 122 cm³/mol. The Morgan fingerprint density at radius 3 is 2.72 bits per heavy atom. The van der Waals surface area contributed by atoms with Gasteiger partial charge in [0.05, 0.1) is 28.3 Å². The van der Waals surface area contributed by atoms with E-state index < -0.39 is 10.5 Å². The van der Waals surface area contributed by atoms with Crippen LogP contribution in [0.5, 0.6) is 5.75 Å². The van der Waals surface area contributed by atoms with Gasteiger partial charge < -0.3 is 9.84 Å². The quantitative estimate of drug-likeness (QED) is 0.211. The fraction of sp³-hybridized carbons (Fsp3) is 0.333. The maximum Gasteiger partial charge on any atom is 0.390 e. The average molecular weight is 476 g/mol. The van der Waals surface area contributed by atoms with E-state index in [2.05, 4.69) is 4.90 Å². The zero-order valence-electron chi connectivity index (χ0n) is 17.2. The van der Waals surface area contributed by atoms with Crippen molar-refractivity contribution in [2.75, 3.05) is 26.7 Å². The number of imidazole rings is 1. The van der Waals surface area contributed by atoms with Gasteiger partial charge in [-0.2, -0.15) is 8.97 Å². The maximum atomic E-state index is 13.6. The number of nitro groups is 1.